The van der Waals surface area contributed by atoms with E-state index in [-0.39, 0.29) is 18.4 Å². The van der Waals surface area contributed by atoms with E-state index < -0.39 is 12.1 Å². The van der Waals surface area contributed by atoms with Gasteiger partial charge in [0.15, 0.2) is 5.82 Å². The fourth-order valence-electron chi connectivity index (χ4n) is 1.74. The molecule has 1 aliphatic heterocycles. The Morgan fingerprint density at radius 2 is 2.12 bits per heavy atom. The van der Waals surface area contributed by atoms with Gasteiger partial charge in [-0.2, -0.15) is 4.98 Å². The van der Waals surface area contributed by atoms with Gasteiger partial charge in [0.2, 0.25) is 17.7 Å². The summed E-state index contributed by atoms with van der Waals surface area (Å²) in [5.41, 5.74) is 0. The van der Waals surface area contributed by atoms with E-state index >= 15 is 0 Å². The van der Waals surface area contributed by atoms with Crippen LogP contribution in [0.25, 0.3) is 0 Å². The molecule has 2 atom stereocenters. The minimum atomic E-state index is -0.522. The van der Waals surface area contributed by atoms with Gasteiger partial charge < -0.3 is 14.7 Å². The lowest BCUT2D eigenvalue weighted by Crippen LogP contribution is -2.60. The van der Waals surface area contributed by atoms with Gasteiger partial charge in [-0.3, -0.25) is 9.59 Å². The normalized spacial score (nSPS) is 25.0. The van der Waals surface area contributed by atoms with Crippen LogP contribution in [0.1, 0.15) is 25.6 Å². The number of nitrogens with one attached hydrogen (secondary N) is 1. The highest BCUT2D eigenvalue weighted by atomic mass is 16.5. The molecule has 92 valence electrons. The highest BCUT2D eigenvalue weighted by Gasteiger charge is 2.36. The first-order valence-corrected chi connectivity index (χ1v) is 5.39. The molecule has 0 bridgehead atoms. The molecule has 1 aliphatic rings. The number of hydrogen-bond acceptors (Lipinski definition) is 5. The molecule has 7 nitrogen and oxygen atoms in total. The van der Waals surface area contributed by atoms with Gasteiger partial charge in [0.05, 0.1) is 0 Å². The van der Waals surface area contributed by atoms with Gasteiger partial charge in [0, 0.05) is 0 Å². The number of piperazine rings is 1. The number of rotatable bonds is 2. The fourth-order valence-corrected chi connectivity index (χ4v) is 1.74. The molecule has 2 amide bonds. The Hall–Kier alpha value is -1.92. The van der Waals surface area contributed by atoms with Crippen molar-refractivity contribution in [3.63, 3.8) is 0 Å². The molecule has 1 aromatic rings. The van der Waals surface area contributed by atoms with E-state index in [9.17, 15) is 9.59 Å². The predicted molar refractivity (Wildman–Crippen MR) is 56.7 cm³/mol. The summed E-state index contributed by atoms with van der Waals surface area (Å²) in [5, 5.41) is 6.25. The number of hydrogen-bond donors (Lipinski definition) is 1. The Kier molecular flexibility index (Phi) is 2.83. The molecule has 0 saturated carbocycles. The molecule has 0 aliphatic carbocycles. The molecule has 1 aromatic heterocycles. The molecule has 1 N–H and O–H groups in total. The molecular formula is C10H14N4O3. The molecular weight excluding hydrogens is 224 g/mol. The molecule has 2 heterocycles. The first-order valence-electron chi connectivity index (χ1n) is 5.39. The lowest BCUT2D eigenvalue weighted by atomic mass is 10.1. The van der Waals surface area contributed by atoms with Gasteiger partial charge in [-0.1, -0.05) is 5.16 Å². The van der Waals surface area contributed by atoms with E-state index in [0.29, 0.717) is 11.7 Å². The van der Waals surface area contributed by atoms with Crippen LogP contribution < -0.4 is 5.32 Å². The number of carbonyl (C=O) groups is 2. The topological polar surface area (TPSA) is 88.3 Å². The maximum Gasteiger partial charge on any atom is 0.246 e. The molecule has 2 rings (SSSR count). The molecule has 1 saturated heterocycles. The lowest BCUT2D eigenvalue weighted by Gasteiger charge is -2.35. The van der Waals surface area contributed by atoms with Crippen molar-refractivity contribution in [1.29, 1.82) is 0 Å². The summed E-state index contributed by atoms with van der Waals surface area (Å²) in [7, 11) is 0. The summed E-state index contributed by atoms with van der Waals surface area (Å²) < 4.78 is 4.95. The van der Waals surface area contributed by atoms with Crippen LogP contribution in [0.15, 0.2) is 4.52 Å². The second kappa shape index (κ2) is 4.15. The predicted octanol–water partition coefficient (Wildman–Crippen LogP) is -0.387. The van der Waals surface area contributed by atoms with E-state index in [1.54, 1.807) is 20.8 Å². The lowest BCUT2D eigenvalue weighted by molar-refractivity contribution is -0.149. The zero-order valence-corrected chi connectivity index (χ0v) is 9.93. The minimum absolute atomic E-state index is 0.145. The van der Waals surface area contributed by atoms with Crippen LogP contribution in [0, 0.1) is 6.92 Å². The zero-order chi connectivity index (χ0) is 12.6. The third-order valence-electron chi connectivity index (χ3n) is 2.73. The number of amides is 2. The Morgan fingerprint density at radius 3 is 2.71 bits per heavy atom. The highest BCUT2D eigenvalue weighted by molar-refractivity contribution is 5.96. The number of aromatic nitrogens is 2. The number of carbonyl (C=O) groups excluding carboxylic acids is 2. The molecule has 0 radical (unpaired) electrons. The van der Waals surface area contributed by atoms with Crippen molar-refractivity contribution in [2.75, 3.05) is 0 Å². The third-order valence-corrected chi connectivity index (χ3v) is 2.73. The first-order chi connectivity index (χ1) is 7.99. The van der Waals surface area contributed by atoms with E-state index in [4.69, 9.17) is 4.52 Å². The number of aryl methyl sites for hydroxylation is 1. The van der Waals surface area contributed by atoms with E-state index in [1.165, 1.54) is 4.90 Å². The Labute approximate surface area is 98.2 Å². The summed E-state index contributed by atoms with van der Waals surface area (Å²) in [6.07, 6.45) is 0. The van der Waals surface area contributed by atoms with E-state index in [0.717, 1.165) is 0 Å². The molecule has 2 unspecified atom stereocenters. The maximum absolute atomic E-state index is 11.9. The maximum atomic E-state index is 11.9. The smallest absolute Gasteiger partial charge is 0.246 e. The zero-order valence-electron chi connectivity index (χ0n) is 9.93. The largest absolute Gasteiger partial charge is 0.343 e. The summed E-state index contributed by atoms with van der Waals surface area (Å²) in [6, 6.07) is -1.03. The van der Waals surface area contributed by atoms with E-state index in [2.05, 4.69) is 15.5 Å². The van der Waals surface area contributed by atoms with Gasteiger partial charge >= 0.3 is 0 Å². The SMILES string of the molecule is Cc1noc(CN2C(=O)C(C)NC(=O)C2C)n1. The molecule has 17 heavy (non-hydrogen) atoms. The standard InChI is InChI=1S/C10H14N4O3/c1-5-10(16)14(6(2)9(15)11-5)4-8-12-7(3)13-17-8/h5-6H,4H2,1-3H3,(H,11,15). The molecule has 7 heteroatoms. The average molecular weight is 238 g/mol. The van der Waals surface area contributed by atoms with Crippen LogP contribution in [0.3, 0.4) is 0 Å². The molecule has 0 aromatic carbocycles. The van der Waals surface area contributed by atoms with Crippen LogP contribution in [0.4, 0.5) is 0 Å². The third kappa shape index (κ3) is 2.13. The van der Waals surface area contributed by atoms with Gasteiger partial charge in [-0.05, 0) is 20.8 Å². The van der Waals surface area contributed by atoms with Crippen molar-refractivity contribution >= 4 is 11.8 Å². The van der Waals surface area contributed by atoms with Crippen LogP contribution in [0.5, 0.6) is 0 Å². The van der Waals surface area contributed by atoms with Gasteiger partial charge in [-0.25, -0.2) is 0 Å². The highest BCUT2D eigenvalue weighted by Crippen LogP contribution is 2.13. The van der Waals surface area contributed by atoms with Crippen molar-refractivity contribution in [1.82, 2.24) is 20.4 Å². The van der Waals surface area contributed by atoms with Gasteiger partial charge in [0.1, 0.15) is 18.6 Å². The summed E-state index contributed by atoms with van der Waals surface area (Å²) >= 11 is 0. The van der Waals surface area contributed by atoms with Crippen LogP contribution in [-0.4, -0.2) is 38.9 Å². The summed E-state index contributed by atoms with van der Waals surface area (Å²) in [6.45, 7) is 5.18. The quantitative estimate of drug-likeness (QED) is 0.758. The van der Waals surface area contributed by atoms with E-state index in [1.807, 2.05) is 0 Å². The summed E-state index contributed by atoms with van der Waals surface area (Å²) in [4.78, 5) is 29.0. The summed E-state index contributed by atoms with van der Waals surface area (Å²) in [5.74, 6) is 0.528. The minimum Gasteiger partial charge on any atom is -0.343 e. The second-order valence-electron chi connectivity index (χ2n) is 4.11. The Bertz CT molecular complexity index is 456. The molecule has 0 spiro atoms. The van der Waals surface area contributed by atoms with Crippen molar-refractivity contribution in [3.05, 3.63) is 11.7 Å². The molecule has 1 fully saturated rings. The van der Waals surface area contributed by atoms with Crippen molar-refractivity contribution in [2.45, 2.75) is 39.4 Å². The van der Waals surface area contributed by atoms with Crippen LogP contribution >= 0.6 is 0 Å². The van der Waals surface area contributed by atoms with Crippen LogP contribution in [0.2, 0.25) is 0 Å². The fraction of sp³-hybridized carbons (Fsp3) is 0.600. The van der Waals surface area contributed by atoms with Gasteiger partial charge in [0.25, 0.3) is 0 Å². The first kappa shape index (κ1) is 11.6. The second-order valence-corrected chi connectivity index (χ2v) is 4.11. The Balaban J connectivity index is 2.17. The Morgan fingerprint density at radius 1 is 1.41 bits per heavy atom. The van der Waals surface area contributed by atoms with Crippen molar-refractivity contribution in [3.8, 4) is 0 Å². The average Bonchev–Trinajstić information content (AvgIpc) is 2.68. The van der Waals surface area contributed by atoms with Crippen molar-refractivity contribution < 1.29 is 14.1 Å². The number of nitrogens with zero attached hydrogens (tertiary/aromatic N) is 3. The van der Waals surface area contributed by atoms with Gasteiger partial charge in [-0.15, -0.1) is 0 Å². The van der Waals surface area contributed by atoms with Crippen molar-refractivity contribution in [2.24, 2.45) is 0 Å². The monoisotopic (exact) mass is 238 g/mol. The van der Waals surface area contributed by atoms with Crippen LogP contribution in [-0.2, 0) is 16.1 Å².